The molecule has 0 aromatic carbocycles. The van der Waals surface area contributed by atoms with Gasteiger partial charge >= 0.3 is 0 Å². The Labute approximate surface area is 140 Å². The van der Waals surface area contributed by atoms with Crippen molar-refractivity contribution in [1.29, 1.82) is 0 Å². The highest BCUT2D eigenvalue weighted by atomic mass is 16.5. The summed E-state index contributed by atoms with van der Waals surface area (Å²) in [6.45, 7) is 2.34. The summed E-state index contributed by atoms with van der Waals surface area (Å²) in [6, 6.07) is 10.3. The van der Waals surface area contributed by atoms with Gasteiger partial charge < -0.3 is 13.6 Å². The average molecular weight is 327 g/mol. The largest absolute Gasteiger partial charge is 0.462 e. The van der Waals surface area contributed by atoms with E-state index < -0.39 is 0 Å². The molecule has 0 unspecified atom stereocenters. The smallest absolute Gasteiger partial charge is 0.152 e. The number of aromatic nitrogens is 2. The molecule has 3 aromatic heterocycles. The first kappa shape index (κ1) is 15.2. The standard InChI is InChI=1S/C18H21N3O3/c1-22-12-14-5-7-18(24-14)16-3-2-10-21(16)11-13-4-6-17(23-13)15-8-9-19-20-15/h4-9,16H,2-3,10-12H2,1H3,(H,19,20)/t16-/m0/s1. The number of ether oxygens (including phenoxy) is 1. The fraction of sp³-hybridized carbons (Fsp3) is 0.389. The summed E-state index contributed by atoms with van der Waals surface area (Å²) in [6.07, 6.45) is 4.00. The van der Waals surface area contributed by atoms with Crippen LogP contribution >= 0.6 is 0 Å². The molecule has 4 rings (SSSR count). The Kier molecular flexibility index (Phi) is 4.23. The van der Waals surface area contributed by atoms with Gasteiger partial charge in [-0.15, -0.1) is 0 Å². The molecule has 1 aliphatic rings. The van der Waals surface area contributed by atoms with E-state index in [1.165, 1.54) is 6.42 Å². The molecular formula is C18H21N3O3. The SMILES string of the molecule is COCc1ccc([C@@H]2CCCN2Cc2ccc(-c3ccn[nH]3)o2)o1. The van der Waals surface area contributed by atoms with Crippen LogP contribution in [-0.4, -0.2) is 28.8 Å². The summed E-state index contributed by atoms with van der Waals surface area (Å²) in [5, 5.41) is 6.89. The Morgan fingerprint density at radius 1 is 1.21 bits per heavy atom. The van der Waals surface area contributed by atoms with Crippen LogP contribution in [0.4, 0.5) is 0 Å². The van der Waals surface area contributed by atoms with Crippen molar-refractivity contribution < 1.29 is 13.6 Å². The van der Waals surface area contributed by atoms with Crippen LogP contribution in [0.15, 0.2) is 45.4 Å². The van der Waals surface area contributed by atoms with Gasteiger partial charge in [0.25, 0.3) is 0 Å². The monoisotopic (exact) mass is 327 g/mol. The molecule has 3 aromatic rings. The van der Waals surface area contributed by atoms with Gasteiger partial charge in [-0.25, -0.2) is 0 Å². The number of furan rings is 2. The van der Waals surface area contributed by atoms with E-state index in [1.54, 1.807) is 13.3 Å². The molecule has 0 saturated carbocycles. The van der Waals surface area contributed by atoms with Crippen LogP contribution in [0.1, 0.15) is 36.2 Å². The molecule has 4 heterocycles. The first-order valence-electron chi connectivity index (χ1n) is 8.23. The van der Waals surface area contributed by atoms with Crippen molar-refractivity contribution in [2.75, 3.05) is 13.7 Å². The van der Waals surface area contributed by atoms with Gasteiger partial charge in [-0.2, -0.15) is 5.10 Å². The molecule has 1 aliphatic heterocycles. The number of aromatic amines is 1. The number of hydrogen-bond donors (Lipinski definition) is 1. The minimum absolute atomic E-state index is 0.302. The zero-order valence-corrected chi connectivity index (χ0v) is 13.7. The van der Waals surface area contributed by atoms with Gasteiger partial charge in [0.15, 0.2) is 5.76 Å². The van der Waals surface area contributed by atoms with E-state index in [2.05, 4.69) is 21.2 Å². The maximum Gasteiger partial charge on any atom is 0.152 e. The van der Waals surface area contributed by atoms with Crippen molar-refractivity contribution in [2.24, 2.45) is 0 Å². The number of nitrogens with one attached hydrogen (secondary N) is 1. The Hall–Kier alpha value is -2.31. The van der Waals surface area contributed by atoms with Crippen molar-refractivity contribution >= 4 is 0 Å². The lowest BCUT2D eigenvalue weighted by Crippen LogP contribution is -2.22. The third-order valence-corrected chi connectivity index (χ3v) is 4.45. The molecule has 0 amide bonds. The van der Waals surface area contributed by atoms with Gasteiger partial charge in [0.2, 0.25) is 0 Å². The topological polar surface area (TPSA) is 67.4 Å². The van der Waals surface area contributed by atoms with Gasteiger partial charge in [-0.05, 0) is 49.7 Å². The molecule has 0 radical (unpaired) electrons. The van der Waals surface area contributed by atoms with Gasteiger partial charge in [0.05, 0.1) is 12.6 Å². The molecule has 24 heavy (non-hydrogen) atoms. The second kappa shape index (κ2) is 6.67. The predicted octanol–water partition coefficient (Wildman–Crippen LogP) is 3.75. The summed E-state index contributed by atoms with van der Waals surface area (Å²) in [7, 11) is 1.68. The fourth-order valence-electron chi connectivity index (χ4n) is 3.33. The second-order valence-corrected chi connectivity index (χ2v) is 6.10. The molecule has 1 atom stereocenters. The van der Waals surface area contributed by atoms with Crippen LogP contribution in [0, 0.1) is 0 Å². The summed E-state index contributed by atoms with van der Waals surface area (Å²) < 4.78 is 17.0. The van der Waals surface area contributed by atoms with Crippen LogP contribution in [0.5, 0.6) is 0 Å². The van der Waals surface area contributed by atoms with Crippen molar-refractivity contribution in [2.45, 2.75) is 32.0 Å². The Bertz CT molecular complexity index is 775. The van der Waals surface area contributed by atoms with Crippen LogP contribution < -0.4 is 0 Å². The minimum atomic E-state index is 0.302. The highest BCUT2D eigenvalue weighted by Gasteiger charge is 2.29. The summed E-state index contributed by atoms with van der Waals surface area (Å²) in [5.74, 6) is 3.66. The lowest BCUT2D eigenvalue weighted by Gasteiger charge is -2.21. The molecule has 1 fully saturated rings. The zero-order valence-electron chi connectivity index (χ0n) is 13.7. The number of nitrogens with zero attached hydrogens (tertiary/aromatic N) is 2. The van der Waals surface area contributed by atoms with E-state index in [9.17, 15) is 0 Å². The maximum atomic E-state index is 5.95. The maximum absolute atomic E-state index is 5.95. The first-order chi connectivity index (χ1) is 11.8. The molecule has 0 spiro atoms. The highest BCUT2D eigenvalue weighted by Crippen LogP contribution is 2.34. The number of rotatable bonds is 6. The molecular weight excluding hydrogens is 306 g/mol. The predicted molar refractivity (Wildman–Crippen MR) is 88.1 cm³/mol. The van der Waals surface area contributed by atoms with Crippen molar-refractivity contribution in [1.82, 2.24) is 15.1 Å². The van der Waals surface area contributed by atoms with Crippen LogP contribution in [-0.2, 0) is 17.9 Å². The third-order valence-electron chi connectivity index (χ3n) is 4.45. The van der Waals surface area contributed by atoms with Crippen molar-refractivity contribution in [3.8, 4) is 11.5 Å². The Morgan fingerprint density at radius 3 is 2.96 bits per heavy atom. The lowest BCUT2D eigenvalue weighted by molar-refractivity contribution is 0.154. The quantitative estimate of drug-likeness (QED) is 0.747. The minimum Gasteiger partial charge on any atom is -0.462 e. The molecule has 6 heteroatoms. The summed E-state index contributed by atoms with van der Waals surface area (Å²) in [4.78, 5) is 2.41. The summed E-state index contributed by atoms with van der Waals surface area (Å²) in [5.41, 5.74) is 0.898. The average Bonchev–Trinajstić information content (AvgIpc) is 3.36. The van der Waals surface area contributed by atoms with Gasteiger partial charge in [0.1, 0.15) is 29.6 Å². The number of methoxy groups -OCH3 is 1. The fourth-order valence-corrected chi connectivity index (χ4v) is 3.33. The number of H-pyrrole nitrogens is 1. The summed E-state index contributed by atoms with van der Waals surface area (Å²) >= 11 is 0. The normalized spacial score (nSPS) is 18.5. The van der Waals surface area contributed by atoms with E-state index in [0.717, 1.165) is 48.2 Å². The Balaban J connectivity index is 1.47. The lowest BCUT2D eigenvalue weighted by atomic mass is 10.1. The van der Waals surface area contributed by atoms with E-state index in [1.807, 2.05) is 24.3 Å². The molecule has 0 aliphatic carbocycles. The first-order valence-corrected chi connectivity index (χ1v) is 8.23. The number of hydrogen-bond acceptors (Lipinski definition) is 5. The zero-order chi connectivity index (χ0) is 16.4. The van der Waals surface area contributed by atoms with E-state index >= 15 is 0 Å². The molecule has 1 saturated heterocycles. The molecule has 1 N–H and O–H groups in total. The Morgan fingerprint density at radius 2 is 2.12 bits per heavy atom. The van der Waals surface area contributed by atoms with Crippen molar-refractivity contribution in [3.05, 3.63) is 53.8 Å². The molecule has 126 valence electrons. The molecule has 0 bridgehead atoms. The highest BCUT2D eigenvalue weighted by molar-refractivity contribution is 5.51. The van der Waals surface area contributed by atoms with Gasteiger partial charge in [0, 0.05) is 13.3 Å². The van der Waals surface area contributed by atoms with E-state index in [4.69, 9.17) is 13.6 Å². The van der Waals surface area contributed by atoms with Gasteiger partial charge in [-0.3, -0.25) is 10.00 Å². The van der Waals surface area contributed by atoms with E-state index in [-0.39, 0.29) is 0 Å². The second-order valence-electron chi connectivity index (χ2n) is 6.10. The van der Waals surface area contributed by atoms with Crippen LogP contribution in [0.3, 0.4) is 0 Å². The van der Waals surface area contributed by atoms with E-state index in [0.29, 0.717) is 12.6 Å². The van der Waals surface area contributed by atoms with Crippen molar-refractivity contribution in [3.63, 3.8) is 0 Å². The van der Waals surface area contributed by atoms with Crippen LogP contribution in [0.25, 0.3) is 11.5 Å². The van der Waals surface area contributed by atoms with Crippen LogP contribution in [0.2, 0.25) is 0 Å². The molecule has 6 nitrogen and oxygen atoms in total. The van der Waals surface area contributed by atoms with Gasteiger partial charge in [-0.1, -0.05) is 0 Å². The third kappa shape index (κ3) is 3.02. The number of likely N-dealkylation sites (tertiary alicyclic amines) is 1.